The molecule has 0 fully saturated rings. The summed E-state index contributed by atoms with van der Waals surface area (Å²) in [6.45, 7) is 1.83. The van der Waals surface area contributed by atoms with Gasteiger partial charge >= 0.3 is 0 Å². The second-order valence-electron chi connectivity index (χ2n) is 3.61. The zero-order chi connectivity index (χ0) is 13.3. The van der Waals surface area contributed by atoms with Crippen molar-refractivity contribution in [2.45, 2.75) is 11.1 Å². The summed E-state index contributed by atoms with van der Waals surface area (Å²) < 4.78 is 27.1. The van der Waals surface area contributed by atoms with Crippen molar-refractivity contribution in [1.29, 1.82) is 0 Å². The maximum absolute atomic E-state index is 12.1. The molecule has 1 aromatic carbocycles. The highest BCUT2D eigenvalue weighted by Crippen LogP contribution is 2.33. The number of halogens is 1. The summed E-state index contributed by atoms with van der Waals surface area (Å²) in [5, 5.41) is 9.74. The van der Waals surface area contributed by atoms with E-state index >= 15 is 0 Å². The molecule has 7 heteroatoms. The lowest BCUT2D eigenvalue weighted by molar-refractivity contribution is 0.474. The molecule has 96 valence electrons. The van der Waals surface area contributed by atoms with Gasteiger partial charge in [-0.3, -0.25) is 4.72 Å². The van der Waals surface area contributed by atoms with Gasteiger partial charge in [-0.25, -0.2) is 8.42 Å². The van der Waals surface area contributed by atoms with E-state index < -0.39 is 10.0 Å². The molecule has 0 aliphatic rings. The minimum Gasteiger partial charge on any atom is -0.505 e. The van der Waals surface area contributed by atoms with Crippen LogP contribution in [0.3, 0.4) is 0 Å². The van der Waals surface area contributed by atoms with Crippen LogP contribution in [-0.4, -0.2) is 13.5 Å². The molecule has 0 aliphatic carbocycles. The number of aryl methyl sites for hydroxylation is 1. The lowest BCUT2D eigenvalue weighted by atomic mass is 10.3. The van der Waals surface area contributed by atoms with Crippen molar-refractivity contribution in [2.24, 2.45) is 0 Å². The largest absolute Gasteiger partial charge is 0.505 e. The maximum atomic E-state index is 12.1. The molecule has 2 rings (SSSR count). The Morgan fingerprint density at radius 1 is 1.28 bits per heavy atom. The van der Waals surface area contributed by atoms with Gasteiger partial charge in [0.05, 0.1) is 10.2 Å². The molecule has 2 aromatic rings. The van der Waals surface area contributed by atoms with E-state index in [2.05, 4.69) is 20.7 Å². The topological polar surface area (TPSA) is 66.4 Å². The number of benzene rings is 1. The number of rotatable bonds is 3. The van der Waals surface area contributed by atoms with E-state index in [1.807, 2.05) is 6.92 Å². The molecule has 0 amide bonds. The number of phenolic OH excluding ortho intramolecular Hbond substituents is 1. The van der Waals surface area contributed by atoms with Crippen LogP contribution in [0, 0.1) is 6.92 Å². The Balaban J connectivity index is 2.37. The van der Waals surface area contributed by atoms with Crippen LogP contribution in [-0.2, 0) is 10.0 Å². The summed E-state index contributed by atoms with van der Waals surface area (Å²) in [6, 6.07) is 8.04. The summed E-state index contributed by atoms with van der Waals surface area (Å²) in [5.74, 6) is -0.130. The number of para-hydroxylation sites is 1. The molecule has 0 radical (unpaired) electrons. The summed E-state index contributed by atoms with van der Waals surface area (Å²) in [6.07, 6.45) is 0. The Hall–Kier alpha value is -1.05. The third-order valence-corrected chi connectivity index (χ3v) is 5.71. The van der Waals surface area contributed by atoms with Crippen molar-refractivity contribution >= 4 is 43.0 Å². The predicted octanol–water partition coefficient (Wildman–Crippen LogP) is 3.33. The minimum atomic E-state index is -3.64. The lowest BCUT2D eigenvalue weighted by Gasteiger charge is -2.08. The van der Waals surface area contributed by atoms with E-state index in [-0.39, 0.29) is 15.6 Å². The summed E-state index contributed by atoms with van der Waals surface area (Å²) in [5.41, 5.74) is 0.149. The van der Waals surface area contributed by atoms with Gasteiger partial charge in [-0.15, -0.1) is 11.3 Å². The number of sulfonamides is 1. The molecule has 0 bridgehead atoms. The summed E-state index contributed by atoms with van der Waals surface area (Å²) in [4.78, 5) is 0.911. The molecule has 0 saturated heterocycles. The summed E-state index contributed by atoms with van der Waals surface area (Å²) in [7, 11) is -3.64. The van der Waals surface area contributed by atoms with Gasteiger partial charge in [0.1, 0.15) is 4.21 Å². The molecular formula is C11H10BrNO3S2. The highest BCUT2D eigenvalue weighted by atomic mass is 79.9. The second-order valence-corrected chi connectivity index (χ2v) is 7.66. The maximum Gasteiger partial charge on any atom is 0.271 e. The first-order chi connectivity index (χ1) is 8.40. The number of thiophene rings is 1. The van der Waals surface area contributed by atoms with Gasteiger partial charge in [0.2, 0.25) is 0 Å². The minimum absolute atomic E-state index is 0.130. The molecular weight excluding hydrogens is 338 g/mol. The zero-order valence-electron chi connectivity index (χ0n) is 9.34. The van der Waals surface area contributed by atoms with Crippen molar-refractivity contribution in [3.05, 3.63) is 39.7 Å². The molecule has 0 aliphatic heterocycles. The van der Waals surface area contributed by atoms with Crippen LogP contribution >= 0.6 is 27.3 Å². The molecule has 0 saturated carbocycles. The van der Waals surface area contributed by atoms with Crippen molar-refractivity contribution in [3.8, 4) is 5.75 Å². The van der Waals surface area contributed by atoms with Crippen molar-refractivity contribution in [3.63, 3.8) is 0 Å². The molecule has 0 unspecified atom stereocenters. The fraction of sp³-hybridized carbons (Fsp3) is 0.0909. The predicted molar refractivity (Wildman–Crippen MR) is 75.7 cm³/mol. The van der Waals surface area contributed by atoms with Crippen LogP contribution in [0.2, 0.25) is 0 Å². The molecule has 18 heavy (non-hydrogen) atoms. The molecule has 1 aromatic heterocycles. The van der Waals surface area contributed by atoms with Gasteiger partial charge in [0, 0.05) is 4.88 Å². The highest BCUT2D eigenvalue weighted by molar-refractivity contribution is 9.10. The number of anilines is 1. The van der Waals surface area contributed by atoms with Gasteiger partial charge in [0.15, 0.2) is 5.75 Å². The van der Waals surface area contributed by atoms with E-state index in [4.69, 9.17) is 0 Å². The molecule has 2 N–H and O–H groups in total. The van der Waals surface area contributed by atoms with Crippen molar-refractivity contribution < 1.29 is 13.5 Å². The molecule has 0 atom stereocenters. The molecule has 0 spiro atoms. The van der Waals surface area contributed by atoms with E-state index in [0.29, 0.717) is 4.47 Å². The van der Waals surface area contributed by atoms with Crippen LogP contribution in [0.5, 0.6) is 5.75 Å². The first-order valence-electron chi connectivity index (χ1n) is 4.97. The normalized spacial score (nSPS) is 11.4. The SMILES string of the molecule is Cc1ccc(S(=O)(=O)Nc2cccc(Br)c2O)s1. The average Bonchev–Trinajstić information content (AvgIpc) is 2.72. The fourth-order valence-corrected chi connectivity index (χ4v) is 4.07. The summed E-state index contributed by atoms with van der Waals surface area (Å²) >= 11 is 4.31. The van der Waals surface area contributed by atoms with Gasteiger partial charge in [0.25, 0.3) is 10.0 Å². The molecule has 1 heterocycles. The van der Waals surface area contributed by atoms with E-state index in [1.165, 1.54) is 23.5 Å². The Bertz CT molecular complexity index is 679. The quantitative estimate of drug-likeness (QED) is 0.837. The standard InChI is InChI=1S/C11H10BrNO3S2/c1-7-5-6-10(17-7)18(15,16)13-9-4-2-3-8(12)11(9)14/h2-6,13-14H,1H3. The molecule has 4 nitrogen and oxygen atoms in total. The van der Waals surface area contributed by atoms with E-state index in [1.54, 1.807) is 18.2 Å². The Kier molecular flexibility index (Phi) is 3.65. The smallest absolute Gasteiger partial charge is 0.271 e. The van der Waals surface area contributed by atoms with E-state index in [0.717, 1.165) is 4.88 Å². The Morgan fingerprint density at radius 2 is 2.00 bits per heavy atom. The van der Waals surface area contributed by atoms with Gasteiger partial charge < -0.3 is 5.11 Å². The van der Waals surface area contributed by atoms with Gasteiger partial charge in [-0.1, -0.05) is 6.07 Å². The number of nitrogens with one attached hydrogen (secondary N) is 1. The number of phenols is 1. The van der Waals surface area contributed by atoms with Gasteiger partial charge in [-0.05, 0) is 47.1 Å². The number of hydrogen-bond donors (Lipinski definition) is 2. The zero-order valence-corrected chi connectivity index (χ0v) is 12.6. The van der Waals surface area contributed by atoms with Crippen LogP contribution in [0.4, 0.5) is 5.69 Å². The number of aromatic hydroxyl groups is 1. The van der Waals surface area contributed by atoms with Gasteiger partial charge in [-0.2, -0.15) is 0 Å². The second kappa shape index (κ2) is 4.91. The van der Waals surface area contributed by atoms with Crippen LogP contribution in [0.25, 0.3) is 0 Å². The average molecular weight is 348 g/mol. The van der Waals surface area contributed by atoms with Crippen molar-refractivity contribution in [1.82, 2.24) is 0 Å². The Morgan fingerprint density at radius 3 is 2.61 bits per heavy atom. The monoisotopic (exact) mass is 347 g/mol. The number of hydrogen-bond acceptors (Lipinski definition) is 4. The van der Waals surface area contributed by atoms with Crippen molar-refractivity contribution in [2.75, 3.05) is 4.72 Å². The van der Waals surface area contributed by atoms with Crippen LogP contribution in [0.1, 0.15) is 4.88 Å². The third-order valence-electron chi connectivity index (χ3n) is 2.21. The highest BCUT2D eigenvalue weighted by Gasteiger charge is 2.18. The first-order valence-corrected chi connectivity index (χ1v) is 8.06. The fourth-order valence-electron chi connectivity index (χ4n) is 1.35. The van der Waals surface area contributed by atoms with E-state index in [9.17, 15) is 13.5 Å². The third kappa shape index (κ3) is 2.68. The first kappa shape index (κ1) is 13.4. The lowest BCUT2D eigenvalue weighted by Crippen LogP contribution is -2.11. The van der Waals surface area contributed by atoms with Crippen LogP contribution < -0.4 is 4.72 Å². The van der Waals surface area contributed by atoms with Crippen LogP contribution in [0.15, 0.2) is 39.0 Å². The Labute approximate surface area is 117 Å².